The summed E-state index contributed by atoms with van der Waals surface area (Å²) in [6.07, 6.45) is 1.06. The Morgan fingerprint density at radius 2 is 1.70 bits per heavy atom. The molecule has 2 aromatic rings. The Morgan fingerprint density at radius 1 is 1.07 bits per heavy atom. The van der Waals surface area contributed by atoms with E-state index in [0.717, 1.165) is 21.9 Å². The van der Waals surface area contributed by atoms with Gasteiger partial charge in [0.25, 0.3) is 0 Å². The Morgan fingerprint density at radius 3 is 2.23 bits per heavy atom. The van der Waals surface area contributed by atoms with Crippen molar-refractivity contribution in [3.8, 4) is 17.2 Å². The second-order valence-corrected chi connectivity index (χ2v) is 8.43. The van der Waals surface area contributed by atoms with Gasteiger partial charge in [-0.1, -0.05) is 12.1 Å². The molecule has 9 heteroatoms. The number of hydrogen-bond donors (Lipinski definition) is 1. The topological polar surface area (TPSA) is 94.2 Å². The molecule has 0 saturated heterocycles. The Hall–Kier alpha value is -2.94. The van der Waals surface area contributed by atoms with E-state index in [4.69, 9.17) is 14.2 Å². The average molecular weight is 437 g/mol. The highest BCUT2D eigenvalue weighted by Crippen LogP contribution is 2.33. The zero-order valence-corrected chi connectivity index (χ0v) is 18.7. The number of ether oxygens (including phenoxy) is 3. The summed E-state index contributed by atoms with van der Waals surface area (Å²) in [5.41, 5.74) is 1.18. The third-order valence-corrected chi connectivity index (χ3v) is 5.65. The smallest absolute Gasteiger partial charge is 0.243 e. The number of carbonyl (C=O) groups excluding carboxylic acids is 1. The molecule has 0 saturated carbocycles. The monoisotopic (exact) mass is 436 g/mol. The van der Waals surface area contributed by atoms with Gasteiger partial charge < -0.3 is 19.5 Å². The third kappa shape index (κ3) is 5.79. The van der Waals surface area contributed by atoms with E-state index >= 15 is 0 Å². The van der Waals surface area contributed by atoms with E-state index in [1.165, 1.54) is 27.2 Å². The van der Waals surface area contributed by atoms with Crippen LogP contribution in [0.25, 0.3) is 0 Å². The van der Waals surface area contributed by atoms with Crippen molar-refractivity contribution in [3.63, 3.8) is 0 Å². The van der Waals surface area contributed by atoms with Gasteiger partial charge in [-0.3, -0.25) is 9.10 Å². The lowest BCUT2D eigenvalue weighted by Crippen LogP contribution is -2.47. The predicted octanol–water partition coefficient (Wildman–Crippen LogP) is 2.57. The van der Waals surface area contributed by atoms with E-state index in [2.05, 4.69) is 5.32 Å². The van der Waals surface area contributed by atoms with Crippen molar-refractivity contribution in [1.29, 1.82) is 0 Å². The van der Waals surface area contributed by atoms with Gasteiger partial charge in [-0.05, 0) is 43.7 Å². The van der Waals surface area contributed by atoms with Gasteiger partial charge in [-0.25, -0.2) is 8.42 Å². The van der Waals surface area contributed by atoms with Gasteiger partial charge in [0, 0.05) is 12.6 Å². The van der Waals surface area contributed by atoms with Crippen LogP contribution in [0.2, 0.25) is 0 Å². The normalized spacial score (nSPS) is 12.0. The lowest BCUT2D eigenvalue weighted by Gasteiger charge is -2.28. The van der Waals surface area contributed by atoms with Crippen LogP contribution in [-0.2, 0) is 21.4 Å². The first-order valence-electron chi connectivity index (χ1n) is 9.42. The molecule has 0 aliphatic rings. The van der Waals surface area contributed by atoms with Crippen LogP contribution in [0.3, 0.4) is 0 Å². The van der Waals surface area contributed by atoms with Gasteiger partial charge in [-0.15, -0.1) is 0 Å². The van der Waals surface area contributed by atoms with E-state index in [1.807, 2.05) is 31.2 Å². The number of amides is 1. The van der Waals surface area contributed by atoms with E-state index < -0.39 is 22.0 Å². The van der Waals surface area contributed by atoms with Gasteiger partial charge in [0.15, 0.2) is 11.5 Å². The fourth-order valence-electron chi connectivity index (χ4n) is 2.98. The van der Waals surface area contributed by atoms with Crippen LogP contribution >= 0.6 is 0 Å². The fourth-order valence-corrected chi connectivity index (χ4v) is 4.14. The van der Waals surface area contributed by atoms with Crippen LogP contribution in [0, 0.1) is 0 Å². The maximum absolute atomic E-state index is 12.7. The summed E-state index contributed by atoms with van der Waals surface area (Å²) >= 11 is 0. The highest BCUT2D eigenvalue weighted by molar-refractivity contribution is 7.92. The van der Waals surface area contributed by atoms with E-state index in [-0.39, 0.29) is 6.54 Å². The van der Waals surface area contributed by atoms with Crippen LogP contribution in [-0.4, -0.2) is 47.4 Å². The Bertz CT molecular complexity index is 960. The number of carbonyl (C=O) groups is 1. The summed E-state index contributed by atoms with van der Waals surface area (Å²) in [5.74, 6) is 1.15. The maximum Gasteiger partial charge on any atom is 0.243 e. The van der Waals surface area contributed by atoms with Crippen LogP contribution < -0.4 is 23.8 Å². The molecule has 164 valence electrons. The summed E-state index contributed by atoms with van der Waals surface area (Å²) in [6.45, 7) is 4.27. The molecule has 2 aromatic carbocycles. The highest BCUT2D eigenvalue weighted by Gasteiger charge is 2.29. The maximum atomic E-state index is 12.7. The van der Waals surface area contributed by atoms with E-state index in [9.17, 15) is 13.2 Å². The molecule has 0 bridgehead atoms. The second kappa shape index (κ2) is 10.2. The van der Waals surface area contributed by atoms with Crippen LogP contribution in [0.5, 0.6) is 17.2 Å². The first-order valence-corrected chi connectivity index (χ1v) is 11.3. The molecule has 0 unspecified atom stereocenters. The number of nitrogens with one attached hydrogen (secondary N) is 1. The van der Waals surface area contributed by atoms with Crippen molar-refractivity contribution < 1.29 is 27.4 Å². The molecule has 8 nitrogen and oxygen atoms in total. The number of benzene rings is 2. The molecular weight excluding hydrogens is 408 g/mol. The van der Waals surface area contributed by atoms with E-state index in [1.54, 1.807) is 12.1 Å². The lowest BCUT2D eigenvalue weighted by atomic mass is 10.2. The molecule has 2 rings (SSSR count). The molecule has 0 radical (unpaired) electrons. The lowest BCUT2D eigenvalue weighted by molar-refractivity contribution is -0.122. The second-order valence-electron chi connectivity index (χ2n) is 6.57. The van der Waals surface area contributed by atoms with Crippen molar-refractivity contribution in [1.82, 2.24) is 5.32 Å². The first kappa shape index (κ1) is 23.3. The Balaban J connectivity index is 2.18. The fraction of sp³-hybridized carbons (Fsp3) is 0.381. The number of sulfonamides is 1. The standard InChI is InChI=1S/C21H28N2O6S/c1-6-29-18-10-7-16(8-11-18)14-22-21(24)15(2)23(30(5,25)26)17-9-12-19(27-3)20(13-17)28-4/h7-13,15H,6,14H2,1-5H3,(H,22,24)/t15-/m0/s1. The van der Waals surface area contributed by atoms with Crippen molar-refractivity contribution >= 4 is 21.6 Å². The quantitative estimate of drug-likeness (QED) is 0.615. The van der Waals surface area contributed by atoms with Gasteiger partial charge in [0.05, 0.1) is 32.8 Å². The van der Waals surface area contributed by atoms with Crippen molar-refractivity contribution in [2.45, 2.75) is 26.4 Å². The first-order chi connectivity index (χ1) is 14.2. The third-order valence-electron chi connectivity index (χ3n) is 4.41. The molecule has 0 heterocycles. The van der Waals surface area contributed by atoms with Crippen molar-refractivity contribution in [3.05, 3.63) is 48.0 Å². The summed E-state index contributed by atoms with van der Waals surface area (Å²) in [7, 11) is -0.795. The van der Waals surface area contributed by atoms with Crippen LogP contribution in [0.4, 0.5) is 5.69 Å². The summed E-state index contributed by atoms with van der Waals surface area (Å²) in [6, 6.07) is 11.0. The molecule has 1 amide bonds. The van der Waals surface area contributed by atoms with Gasteiger partial charge >= 0.3 is 0 Å². The molecule has 30 heavy (non-hydrogen) atoms. The minimum atomic E-state index is -3.74. The number of nitrogens with zero attached hydrogens (tertiary/aromatic N) is 1. The largest absolute Gasteiger partial charge is 0.494 e. The predicted molar refractivity (Wildman–Crippen MR) is 116 cm³/mol. The summed E-state index contributed by atoms with van der Waals surface area (Å²) in [5, 5.41) is 2.78. The molecule has 0 fully saturated rings. The molecule has 0 aromatic heterocycles. The van der Waals surface area contributed by atoms with E-state index in [0.29, 0.717) is 23.8 Å². The molecular formula is C21H28N2O6S. The molecule has 1 atom stereocenters. The van der Waals surface area contributed by atoms with Crippen LogP contribution in [0.1, 0.15) is 19.4 Å². The van der Waals surface area contributed by atoms with Gasteiger partial charge in [0.2, 0.25) is 15.9 Å². The number of methoxy groups -OCH3 is 2. The highest BCUT2D eigenvalue weighted by atomic mass is 32.2. The zero-order valence-electron chi connectivity index (χ0n) is 17.8. The molecule has 0 aliphatic carbocycles. The molecule has 0 aliphatic heterocycles. The minimum Gasteiger partial charge on any atom is -0.494 e. The van der Waals surface area contributed by atoms with Crippen molar-refractivity contribution in [2.24, 2.45) is 0 Å². The minimum absolute atomic E-state index is 0.263. The zero-order chi connectivity index (χ0) is 22.3. The number of hydrogen-bond acceptors (Lipinski definition) is 6. The molecule has 0 spiro atoms. The SMILES string of the molecule is CCOc1ccc(CNC(=O)[C@H](C)N(c2ccc(OC)c(OC)c2)S(C)(=O)=O)cc1. The van der Waals surface area contributed by atoms with Gasteiger partial charge in [-0.2, -0.15) is 0 Å². The summed E-state index contributed by atoms with van der Waals surface area (Å²) < 4.78 is 41.8. The average Bonchev–Trinajstić information content (AvgIpc) is 2.72. The Kier molecular flexibility index (Phi) is 7.93. The molecule has 1 N–H and O–H groups in total. The number of anilines is 1. The van der Waals surface area contributed by atoms with Crippen molar-refractivity contribution in [2.75, 3.05) is 31.4 Å². The Labute approximate surface area is 177 Å². The number of rotatable bonds is 10. The van der Waals surface area contributed by atoms with Gasteiger partial charge in [0.1, 0.15) is 11.8 Å². The van der Waals surface area contributed by atoms with Crippen LogP contribution in [0.15, 0.2) is 42.5 Å². The summed E-state index contributed by atoms with van der Waals surface area (Å²) in [4.78, 5) is 12.7.